The molecule has 0 heterocycles. The van der Waals surface area contributed by atoms with Gasteiger partial charge in [-0.15, -0.1) is 0 Å². The summed E-state index contributed by atoms with van der Waals surface area (Å²) in [5, 5.41) is 2.92. The fourth-order valence-corrected chi connectivity index (χ4v) is 2.14. The van der Waals surface area contributed by atoms with Crippen LogP contribution in [0.3, 0.4) is 0 Å². The van der Waals surface area contributed by atoms with Crippen LogP contribution in [0.25, 0.3) is 0 Å². The summed E-state index contributed by atoms with van der Waals surface area (Å²) in [4.78, 5) is 0. The molecule has 2 rings (SSSR count). The van der Waals surface area contributed by atoms with Crippen LogP contribution in [0.15, 0.2) is 12.1 Å². The van der Waals surface area contributed by atoms with Crippen molar-refractivity contribution in [3.8, 4) is 0 Å². The number of nitrogens with two attached hydrogens (primary N) is 1. The fraction of sp³-hybridized carbons (Fsp3) is 0.500. The first kappa shape index (κ1) is 11.3. The minimum Gasteiger partial charge on any atom is -0.377 e. The van der Waals surface area contributed by atoms with E-state index in [1.54, 1.807) is 6.92 Å². The third-order valence-electron chi connectivity index (χ3n) is 3.11. The fourth-order valence-electron chi connectivity index (χ4n) is 2.14. The number of anilines is 1. The van der Waals surface area contributed by atoms with E-state index in [1.165, 1.54) is 12.1 Å². The second kappa shape index (κ2) is 4.37. The summed E-state index contributed by atoms with van der Waals surface area (Å²) in [6.45, 7) is 1.63. The van der Waals surface area contributed by atoms with E-state index in [4.69, 9.17) is 5.73 Å². The monoisotopic (exact) mass is 226 g/mol. The topological polar surface area (TPSA) is 38.0 Å². The molecule has 1 aliphatic rings. The largest absolute Gasteiger partial charge is 0.377 e. The third kappa shape index (κ3) is 2.16. The second-order valence-corrected chi connectivity index (χ2v) is 4.47. The van der Waals surface area contributed by atoms with Gasteiger partial charge < -0.3 is 11.1 Å². The third-order valence-corrected chi connectivity index (χ3v) is 3.11. The van der Waals surface area contributed by atoms with Crippen LogP contribution >= 0.6 is 0 Å². The zero-order valence-electron chi connectivity index (χ0n) is 9.26. The lowest BCUT2D eigenvalue weighted by molar-refractivity contribution is 0.574. The first-order valence-electron chi connectivity index (χ1n) is 5.54. The van der Waals surface area contributed by atoms with E-state index >= 15 is 0 Å². The van der Waals surface area contributed by atoms with Crippen LogP contribution in [0, 0.1) is 18.6 Å². The average molecular weight is 226 g/mol. The number of nitrogens with one attached hydrogen (secondary N) is 1. The number of hydrogen-bond donors (Lipinski definition) is 2. The number of benzene rings is 1. The van der Waals surface area contributed by atoms with Gasteiger partial charge in [-0.3, -0.25) is 0 Å². The van der Waals surface area contributed by atoms with Gasteiger partial charge in [0.05, 0.1) is 0 Å². The lowest BCUT2D eigenvalue weighted by atomic mass is 10.1. The summed E-state index contributed by atoms with van der Waals surface area (Å²) < 4.78 is 27.1. The predicted octanol–water partition coefficient (Wildman–Crippen LogP) is 2.56. The lowest BCUT2D eigenvalue weighted by Gasteiger charge is -2.16. The number of aryl methyl sites for hydroxylation is 1. The quantitative estimate of drug-likeness (QED) is 0.813. The van der Waals surface area contributed by atoms with Gasteiger partial charge >= 0.3 is 0 Å². The van der Waals surface area contributed by atoms with Crippen molar-refractivity contribution in [3.05, 3.63) is 29.3 Å². The molecule has 2 atom stereocenters. The normalized spacial score (nSPS) is 24.8. The molecule has 0 aromatic heterocycles. The van der Waals surface area contributed by atoms with Gasteiger partial charge in [-0.05, 0) is 37.8 Å². The minimum atomic E-state index is -0.538. The van der Waals surface area contributed by atoms with Gasteiger partial charge in [-0.1, -0.05) is 6.07 Å². The van der Waals surface area contributed by atoms with Crippen LogP contribution in [-0.4, -0.2) is 12.1 Å². The van der Waals surface area contributed by atoms with Crippen molar-refractivity contribution < 1.29 is 8.78 Å². The van der Waals surface area contributed by atoms with Gasteiger partial charge in [0.25, 0.3) is 0 Å². The van der Waals surface area contributed by atoms with Crippen LogP contribution in [0.1, 0.15) is 24.8 Å². The predicted molar refractivity (Wildman–Crippen MR) is 60.3 cm³/mol. The molecule has 0 spiro atoms. The van der Waals surface area contributed by atoms with E-state index in [1.807, 2.05) is 0 Å². The number of hydrogen-bond acceptors (Lipinski definition) is 2. The first-order chi connectivity index (χ1) is 7.58. The van der Waals surface area contributed by atoms with Gasteiger partial charge in [-0.2, -0.15) is 0 Å². The maximum Gasteiger partial charge on any atom is 0.152 e. The molecular weight excluding hydrogens is 210 g/mol. The smallest absolute Gasteiger partial charge is 0.152 e. The van der Waals surface area contributed by atoms with Crippen molar-refractivity contribution >= 4 is 5.69 Å². The number of rotatable bonds is 2. The highest BCUT2D eigenvalue weighted by Gasteiger charge is 2.23. The van der Waals surface area contributed by atoms with Crippen LogP contribution in [0.4, 0.5) is 14.5 Å². The summed E-state index contributed by atoms with van der Waals surface area (Å²) in [5.41, 5.74) is 6.19. The molecule has 0 radical (unpaired) electrons. The molecule has 0 bridgehead atoms. The summed E-state index contributed by atoms with van der Waals surface area (Å²) in [6.07, 6.45) is 2.55. The van der Waals surface area contributed by atoms with Crippen LogP contribution < -0.4 is 11.1 Å². The van der Waals surface area contributed by atoms with Crippen molar-refractivity contribution in [2.24, 2.45) is 5.73 Å². The molecule has 88 valence electrons. The lowest BCUT2D eigenvalue weighted by Crippen LogP contribution is -2.22. The molecule has 4 heteroatoms. The molecule has 3 N–H and O–H groups in total. The Bertz CT molecular complexity index is 393. The summed E-state index contributed by atoms with van der Waals surface area (Å²) >= 11 is 0. The molecule has 1 fully saturated rings. The van der Waals surface area contributed by atoms with Crippen LogP contribution in [0.2, 0.25) is 0 Å². The molecule has 0 saturated heterocycles. The Hall–Kier alpha value is -1.16. The Labute approximate surface area is 93.8 Å². The highest BCUT2D eigenvalue weighted by atomic mass is 19.1. The highest BCUT2D eigenvalue weighted by Crippen LogP contribution is 2.26. The SMILES string of the molecule is Cc1ccc(F)c(NC2CCC(N)C2)c1F. The molecule has 1 aliphatic carbocycles. The summed E-state index contributed by atoms with van der Waals surface area (Å²) in [6, 6.07) is 2.96. The zero-order chi connectivity index (χ0) is 11.7. The van der Waals surface area contributed by atoms with Gasteiger partial charge in [-0.25, -0.2) is 8.78 Å². The Morgan fingerprint density at radius 3 is 2.69 bits per heavy atom. The van der Waals surface area contributed by atoms with E-state index in [0.29, 0.717) is 5.56 Å². The Morgan fingerprint density at radius 2 is 2.06 bits per heavy atom. The molecule has 16 heavy (non-hydrogen) atoms. The van der Waals surface area contributed by atoms with Crippen LogP contribution in [-0.2, 0) is 0 Å². The minimum absolute atomic E-state index is 0.0147. The molecule has 0 amide bonds. The first-order valence-corrected chi connectivity index (χ1v) is 5.54. The number of halogens is 2. The molecule has 0 aliphatic heterocycles. The van der Waals surface area contributed by atoms with Crippen LogP contribution in [0.5, 0.6) is 0 Å². The van der Waals surface area contributed by atoms with Gasteiger partial charge in [0.15, 0.2) is 5.82 Å². The molecule has 1 saturated carbocycles. The molecule has 2 unspecified atom stereocenters. The highest BCUT2D eigenvalue weighted by molar-refractivity contribution is 5.49. The van der Waals surface area contributed by atoms with E-state index in [0.717, 1.165) is 19.3 Å². The zero-order valence-corrected chi connectivity index (χ0v) is 9.26. The van der Waals surface area contributed by atoms with Crippen molar-refractivity contribution in [2.75, 3.05) is 5.32 Å². The Kier molecular flexibility index (Phi) is 3.10. The maximum atomic E-state index is 13.7. The molecule has 1 aromatic carbocycles. The molecular formula is C12H16F2N2. The van der Waals surface area contributed by atoms with E-state index in [2.05, 4.69) is 5.32 Å². The van der Waals surface area contributed by atoms with Crippen molar-refractivity contribution in [2.45, 2.75) is 38.3 Å². The van der Waals surface area contributed by atoms with Crippen molar-refractivity contribution in [1.29, 1.82) is 0 Å². The maximum absolute atomic E-state index is 13.7. The van der Waals surface area contributed by atoms with Gasteiger partial charge in [0.2, 0.25) is 0 Å². The Morgan fingerprint density at radius 1 is 1.31 bits per heavy atom. The van der Waals surface area contributed by atoms with Gasteiger partial charge in [0.1, 0.15) is 11.5 Å². The van der Waals surface area contributed by atoms with E-state index < -0.39 is 11.6 Å². The van der Waals surface area contributed by atoms with E-state index in [-0.39, 0.29) is 17.8 Å². The molecule has 1 aromatic rings. The summed E-state index contributed by atoms with van der Waals surface area (Å²) in [7, 11) is 0. The average Bonchev–Trinajstić information content (AvgIpc) is 2.65. The van der Waals surface area contributed by atoms with E-state index in [9.17, 15) is 8.78 Å². The van der Waals surface area contributed by atoms with Gasteiger partial charge in [0, 0.05) is 12.1 Å². The Balaban J connectivity index is 2.18. The van der Waals surface area contributed by atoms with Crippen molar-refractivity contribution in [1.82, 2.24) is 0 Å². The molecule has 2 nitrogen and oxygen atoms in total. The standard InChI is InChI=1S/C12H16F2N2/c1-7-2-5-10(13)12(11(7)14)16-9-4-3-8(15)6-9/h2,5,8-9,16H,3-4,6,15H2,1H3. The summed E-state index contributed by atoms with van der Waals surface area (Å²) in [5.74, 6) is -1.04. The van der Waals surface area contributed by atoms with Crippen molar-refractivity contribution in [3.63, 3.8) is 0 Å². The second-order valence-electron chi connectivity index (χ2n) is 4.47.